The van der Waals surface area contributed by atoms with Crippen LogP contribution >= 0.6 is 46.7 Å². The monoisotopic (exact) mass is 387 g/mol. The number of aromatic amines is 1. The van der Waals surface area contributed by atoms with Gasteiger partial charge in [0.2, 0.25) is 5.91 Å². The van der Waals surface area contributed by atoms with Gasteiger partial charge in [0.1, 0.15) is 0 Å². The molecule has 2 aromatic rings. The first kappa shape index (κ1) is 16.7. The van der Waals surface area contributed by atoms with Crippen LogP contribution in [0.1, 0.15) is 11.3 Å². The Bertz CT molecular complexity index is 826. The molecule has 120 valence electrons. The molecule has 1 aromatic heterocycles. The Balaban J connectivity index is 1.63. The van der Waals surface area contributed by atoms with Crippen LogP contribution in [0.3, 0.4) is 0 Å². The molecule has 0 saturated carbocycles. The van der Waals surface area contributed by atoms with Gasteiger partial charge in [0.05, 0.1) is 22.2 Å². The second-order valence-corrected chi connectivity index (χ2v) is 7.54. The highest BCUT2D eigenvalue weighted by Gasteiger charge is 2.18. The molecule has 0 fully saturated rings. The van der Waals surface area contributed by atoms with Crippen LogP contribution in [0, 0.1) is 0 Å². The van der Waals surface area contributed by atoms with Crippen molar-refractivity contribution >= 4 is 58.3 Å². The third-order valence-electron chi connectivity index (χ3n) is 3.11. The number of amides is 1. The molecule has 0 radical (unpaired) electrons. The van der Waals surface area contributed by atoms with Crippen LogP contribution in [-0.2, 0) is 16.3 Å². The van der Waals surface area contributed by atoms with Crippen LogP contribution in [0.2, 0.25) is 10.0 Å². The minimum absolute atomic E-state index is 0.119. The zero-order valence-corrected chi connectivity index (χ0v) is 14.8. The van der Waals surface area contributed by atoms with E-state index in [-0.39, 0.29) is 17.2 Å². The van der Waals surface area contributed by atoms with Crippen LogP contribution in [0.4, 0.5) is 5.69 Å². The summed E-state index contributed by atoms with van der Waals surface area (Å²) in [5, 5.41) is 4.03. The number of carbonyl (C=O) groups excluding carboxylic acids is 1. The maximum absolute atomic E-state index is 12.0. The normalized spacial score (nSPS) is 13.0. The molecule has 5 nitrogen and oxygen atoms in total. The van der Waals surface area contributed by atoms with E-state index in [1.54, 1.807) is 30.0 Å². The SMILES string of the molecule is O=C(CSc1nc2c(c(=O)[nH]1)CSC2)Nc1ccc(Cl)cc1Cl. The lowest BCUT2D eigenvalue weighted by Crippen LogP contribution is -2.17. The summed E-state index contributed by atoms with van der Waals surface area (Å²) in [5.74, 6) is 1.31. The van der Waals surface area contributed by atoms with Crippen molar-refractivity contribution in [3.8, 4) is 0 Å². The van der Waals surface area contributed by atoms with Crippen molar-refractivity contribution in [1.29, 1.82) is 0 Å². The number of fused-ring (bicyclic) bond motifs is 1. The summed E-state index contributed by atoms with van der Waals surface area (Å²) in [4.78, 5) is 31.0. The third kappa shape index (κ3) is 4.03. The number of halogens is 2. The first-order valence-electron chi connectivity index (χ1n) is 6.60. The van der Waals surface area contributed by atoms with Gasteiger partial charge in [-0.25, -0.2) is 4.98 Å². The van der Waals surface area contributed by atoms with Gasteiger partial charge < -0.3 is 10.3 Å². The molecule has 2 N–H and O–H groups in total. The van der Waals surface area contributed by atoms with Gasteiger partial charge in [-0.3, -0.25) is 9.59 Å². The number of carbonyl (C=O) groups is 1. The fourth-order valence-corrected chi connectivity index (χ4v) is 4.19. The lowest BCUT2D eigenvalue weighted by Gasteiger charge is -2.07. The second kappa shape index (κ2) is 7.17. The van der Waals surface area contributed by atoms with E-state index in [0.717, 1.165) is 17.0 Å². The van der Waals surface area contributed by atoms with Crippen LogP contribution in [0.25, 0.3) is 0 Å². The van der Waals surface area contributed by atoms with E-state index >= 15 is 0 Å². The molecule has 9 heteroatoms. The topological polar surface area (TPSA) is 74.8 Å². The van der Waals surface area contributed by atoms with Gasteiger partial charge in [0.25, 0.3) is 5.56 Å². The number of thioether (sulfide) groups is 2. The Kier molecular flexibility index (Phi) is 5.21. The predicted molar refractivity (Wildman–Crippen MR) is 95.7 cm³/mol. The Morgan fingerprint density at radius 3 is 3.00 bits per heavy atom. The summed E-state index contributed by atoms with van der Waals surface area (Å²) in [5.41, 5.74) is 1.91. The number of anilines is 1. The Morgan fingerprint density at radius 2 is 2.22 bits per heavy atom. The highest BCUT2D eigenvalue weighted by Crippen LogP contribution is 2.27. The van der Waals surface area contributed by atoms with E-state index in [4.69, 9.17) is 23.2 Å². The highest BCUT2D eigenvalue weighted by molar-refractivity contribution is 7.99. The van der Waals surface area contributed by atoms with E-state index in [2.05, 4.69) is 15.3 Å². The largest absolute Gasteiger partial charge is 0.324 e. The minimum Gasteiger partial charge on any atom is -0.324 e. The maximum Gasteiger partial charge on any atom is 0.255 e. The molecule has 0 spiro atoms. The molecular weight excluding hydrogens is 377 g/mol. The van der Waals surface area contributed by atoms with Crippen LogP contribution in [0.15, 0.2) is 28.2 Å². The zero-order valence-electron chi connectivity index (χ0n) is 11.7. The summed E-state index contributed by atoms with van der Waals surface area (Å²) in [6.45, 7) is 0. The Morgan fingerprint density at radius 1 is 1.39 bits per heavy atom. The summed E-state index contributed by atoms with van der Waals surface area (Å²) in [6, 6.07) is 4.84. The molecule has 1 aromatic carbocycles. The van der Waals surface area contributed by atoms with Crippen molar-refractivity contribution in [1.82, 2.24) is 9.97 Å². The zero-order chi connectivity index (χ0) is 16.4. The summed E-state index contributed by atoms with van der Waals surface area (Å²) >= 11 is 14.7. The molecule has 0 bridgehead atoms. The van der Waals surface area contributed by atoms with Gasteiger partial charge in [-0.2, -0.15) is 11.8 Å². The van der Waals surface area contributed by atoms with Crippen LogP contribution in [0.5, 0.6) is 0 Å². The average Bonchev–Trinajstić information content (AvgIpc) is 2.97. The van der Waals surface area contributed by atoms with Gasteiger partial charge in [-0.05, 0) is 18.2 Å². The number of H-pyrrole nitrogens is 1. The fourth-order valence-electron chi connectivity index (χ4n) is 2.02. The van der Waals surface area contributed by atoms with Crippen molar-refractivity contribution in [3.05, 3.63) is 49.9 Å². The number of nitrogens with zero attached hydrogens (tertiary/aromatic N) is 1. The molecule has 1 amide bonds. The van der Waals surface area contributed by atoms with Crippen molar-refractivity contribution in [2.75, 3.05) is 11.1 Å². The van der Waals surface area contributed by atoms with Crippen LogP contribution in [-0.4, -0.2) is 21.6 Å². The molecule has 1 aliphatic rings. The van der Waals surface area contributed by atoms with Crippen molar-refractivity contribution in [2.45, 2.75) is 16.7 Å². The molecule has 3 rings (SSSR count). The van der Waals surface area contributed by atoms with Gasteiger partial charge in [-0.15, -0.1) is 0 Å². The van der Waals surface area contributed by atoms with E-state index in [1.165, 1.54) is 11.8 Å². The lowest BCUT2D eigenvalue weighted by atomic mass is 10.3. The summed E-state index contributed by atoms with van der Waals surface area (Å²) in [7, 11) is 0. The molecule has 1 aliphatic heterocycles. The number of hydrogen-bond acceptors (Lipinski definition) is 5. The molecular formula is C14H11Cl2N3O2S2. The van der Waals surface area contributed by atoms with Crippen LogP contribution < -0.4 is 10.9 Å². The lowest BCUT2D eigenvalue weighted by molar-refractivity contribution is -0.113. The predicted octanol–water partition coefficient (Wildman–Crippen LogP) is 3.55. The number of benzene rings is 1. The molecule has 0 atom stereocenters. The van der Waals surface area contributed by atoms with Gasteiger partial charge in [0, 0.05) is 22.1 Å². The number of nitrogens with one attached hydrogen (secondary N) is 2. The van der Waals surface area contributed by atoms with E-state index in [1.807, 2.05) is 0 Å². The minimum atomic E-state index is -0.239. The molecule has 0 unspecified atom stereocenters. The number of rotatable bonds is 4. The second-order valence-electron chi connectivity index (χ2n) is 4.75. The van der Waals surface area contributed by atoms with Crippen molar-refractivity contribution in [3.63, 3.8) is 0 Å². The maximum atomic E-state index is 12.0. The summed E-state index contributed by atoms with van der Waals surface area (Å²) < 4.78 is 0. The van der Waals surface area contributed by atoms with Crippen molar-refractivity contribution in [2.24, 2.45) is 0 Å². The Hall–Kier alpha value is -1.15. The van der Waals surface area contributed by atoms with Gasteiger partial charge in [-0.1, -0.05) is 35.0 Å². The fraction of sp³-hybridized carbons (Fsp3) is 0.214. The van der Waals surface area contributed by atoms with Crippen molar-refractivity contribution < 1.29 is 4.79 Å². The van der Waals surface area contributed by atoms with E-state index < -0.39 is 0 Å². The van der Waals surface area contributed by atoms with Gasteiger partial charge >= 0.3 is 0 Å². The van der Waals surface area contributed by atoms with Gasteiger partial charge in [0.15, 0.2) is 5.16 Å². The quantitative estimate of drug-likeness (QED) is 0.619. The third-order valence-corrected chi connectivity index (χ3v) is 5.50. The highest BCUT2D eigenvalue weighted by atomic mass is 35.5. The summed E-state index contributed by atoms with van der Waals surface area (Å²) in [6.07, 6.45) is 0. The first-order valence-corrected chi connectivity index (χ1v) is 9.50. The molecule has 23 heavy (non-hydrogen) atoms. The molecule has 0 saturated heterocycles. The standard InChI is InChI=1S/C14H11Cl2N3O2S2/c15-7-1-2-10(9(16)3-7)17-12(20)6-23-14-18-11-5-22-4-8(11)13(21)19-14/h1-3H,4-6H2,(H,17,20)(H,18,19,21). The van der Waals surface area contributed by atoms with E-state index in [9.17, 15) is 9.59 Å². The molecule has 2 heterocycles. The Labute approximate surface area is 150 Å². The number of aromatic nitrogens is 2. The molecule has 0 aliphatic carbocycles. The number of hydrogen-bond donors (Lipinski definition) is 2. The average molecular weight is 388 g/mol. The first-order chi connectivity index (χ1) is 11.0. The smallest absolute Gasteiger partial charge is 0.255 e. The van der Waals surface area contributed by atoms with E-state index in [0.29, 0.717) is 26.6 Å².